The predicted molar refractivity (Wildman–Crippen MR) is 214 cm³/mol. The molecule has 0 heterocycles. The van der Waals surface area contributed by atoms with Gasteiger partial charge in [0.15, 0.2) is 0 Å². The molecule has 0 aliphatic rings. The first-order valence-corrected chi connectivity index (χ1v) is 16.6. The first-order chi connectivity index (χ1) is 21.5. The van der Waals surface area contributed by atoms with Gasteiger partial charge in [-0.2, -0.15) is 0 Å². The van der Waals surface area contributed by atoms with Gasteiger partial charge in [0.25, 0.3) is 0 Å². The molecule has 0 aliphatic heterocycles. The Kier molecular flexibility index (Phi) is 182. The van der Waals surface area contributed by atoms with Gasteiger partial charge in [-0.25, -0.2) is 0 Å². The second kappa shape index (κ2) is 112. The lowest BCUT2D eigenvalue weighted by atomic mass is 10.4. The first-order valence-electron chi connectivity index (χ1n) is 16.6. The Morgan fingerprint density at radius 3 is 1.13 bits per heavy atom. The van der Waals surface area contributed by atoms with Crippen molar-refractivity contribution in [3.63, 3.8) is 0 Å². The normalized spacial score (nSPS) is 9.04. The highest BCUT2D eigenvalue weighted by molar-refractivity contribution is 4.72. The molecular weight excluding hydrogens is 580 g/mol. The molecule has 0 amide bonds. The number of hydrogen-bond donors (Lipinski definition) is 0. The number of rotatable bonds is 20. The third-order valence-corrected chi connectivity index (χ3v) is 3.13. The maximum Gasteiger partial charge on any atom is 0.0807 e. The van der Waals surface area contributed by atoms with Crippen LogP contribution in [0.2, 0.25) is 0 Å². The van der Waals surface area contributed by atoms with Crippen molar-refractivity contribution in [3.05, 3.63) is 63.0 Å². The monoisotopic (exact) mass is 671 g/mol. The minimum Gasteiger partial charge on any atom is -0.505 e. The van der Waals surface area contributed by atoms with E-state index in [1.165, 1.54) is 0 Å². The molecule has 0 aromatic carbocycles. The van der Waals surface area contributed by atoms with E-state index in [9.17, 15) is 0 Å². The third-order valence-electron chi connectivity index (χ3n) is 3.13. The van der Waals surface area contributed by atoms with E-state index in [2.05, 4.69) is 31.1 Å². The van der Waals surface area contributed by atoms with E-state index in [1.54, 1.807) is 44.8 Å². The summed E-state index contributed by atoms with van der Waals surface area (Å²) in [4.78, 5) is 0. The molecule has 46 heavy (non-hydrogen) atoms. The van der Waals surface area contributed by atoms with E-state index in [4.69, 9.17) is 28.4 Å². The topological polar surface area (TPSA) is 64.6 Å². The van der Waals surface area contributed by atoms with Crippen molar-refractivity contribution in [1.29, 1.82) is 0 Å². The molecule has 7 nitrogen and oxygen atoms in total. The molecule has 0 saturated carbocycles. The summed E-state index contributed by atoms with van der Waals surface area (Å²) in [6, 6.07) is 0. The van der Waals surface area contributed by atoms with Crippen LogP contribution in [-0.4, -0.2) is 85.9 Å². The molecule has 288 valence electrons. The van der Waals surface area contributed by atoms with Gasteiger partial charge in [0, 0.05) is 7.11 Å². The summed E-state index contributed by atoms with van der Waals surface area (Å²) in [5, 5.41) is 0. The average Bonchev–Trinajstić information content (AvgIpc) is 3.11. The molecular formula is C39H90O7. The fourth-order valence-electron chi connectivity index (χ4n) is 1.55. The maximum absolute atomic E-state index is 5.26. The van der Waals surface area contributed by atoms with E-state index in [1.807, 2.05) is 103 Å². The lowest BCUT2D eigenvalue weighted by molar-refractivity contribution is 0.0129. The molecule has 0 bridgehead atoms. The van der Waals surface area contributed by atoms with E-state index in [0.717, 1.165) is 0 Å². The first kappa shape index (κ1) is 74.9. The molecule has 7 heteroatoms. The third kappa shape index (κ3) is 133. The van der Waals surface area contributed by atoms with Crippen molar-refractivity contribution in [2.45, 2.75) is 124 Å². The van der Waals surface area contributed by atoms with Crippen LogP contribution >= 0.6 is 0 Å². The van der Waals surface area contributed by atoms with Crippen LogP contribution in [0.3, 0.4) is 0 Å². The Morgan fingerprint density at radius 2 is 0.804 bits per heavy atom. The highest BCUT2D eigenvalue weighted by Crippen LogP contribution is 1.91. The molecule has 0 aliphatic carbocycles. The van der Waals surface area contributed by atoms with Gasteiger partial charge < -0.3 is 33.2 Å². The van der Waals surface area contributed by atoms with Gasteiger partial charge in [0.1, 0.15) is 0 Å². The molecule has 0 rings (SSSR count). The molecule has 0 N–H and O–H groups in total. The predicted octanol–water partition coefficient (Wildman–Crippen LogP) is 11.8. The van der Waals surface area contributed by atoms with Gasteiger partial charge in [0.2, 0.25) is 0 Å². The van der Waals surface area contributed by atoms with Gasteiger partial charge >= 0.3 is 0 Å². The van der Waals surface area contributed by atoms with Gasteiger partial charge in [-0.1, -0.05) is 122 Å². The van der Waals surface area contributed by atoms with Crippen LogP contribution in [0, 0.1) is 0 Å². The van der Waals surface area contributed by atoms with Crippen LogP contribution in [0.5, 0.6) is 0 Å². The molecule has 2 atom stereocenters. The minimum absolute atomic E-state index is 0. The van der Waals surface area contributed by atoms with Crippen molar-refractivity contribution in [2.24, 2.45) is 0 Å². The largest absolute Gasteiger partial charge is 0.505 e. The number of methoxy groups -OCH3 is 2. The summed E-state index contributed by atoms with van der Waals surface area (Å²) in [7, 11) is 3.27. The van der Waals surface area contributed by atoms with E-state index >= 15 is 0 Å². The molecule has 2 unspecified atom stereocenters. The zero-order valence-corrected chi connectivity index (χ0v) is 32.7. The average molecular weight is 671 g/mol. The fourth-order valence-corrected chi connectivity index (χ4v) is 1.55. The highest BCUT2D eigenvalue weighted by Gasteiger charge is 1.98. The molecule has 0 fully saturated rings. The Bertz CT molecular complexity index is 417. The Morgan fingerprint density at radius 1 is 0.478 bits per heavy atom. The SMILES string of the molecule is C.C.C=CCOCC(C)OCC=C.C=CCOCCOCC=C.CC.CC.CC.CC.CC.CC.CO/C=C/COCC(C)OC. The van der Waals surface area contributed by atoms with Gasteiger partial charge in [-0.3, -0.25) is 0 Å². The molecule has 0 aromatic heterocycles. The summed E-state index contributed by atoms with van der Waals surface area (Å²) < 4.78 is 35.4. The molecule has 0 saturated heterocycles. The summed E-state index contributed by atoms with van der Waals surface area (Å²) in [5.41, 5.74) is 0. The smallest absolute Gasteiger partial charge is 0.0807 e. The van der Waals surface area contributed by atoms with Crippen molar-refractivity contribution in [2.75, 3.05) is 73.7 Å². The molecule has 0 aromatic rings. The van der Waals surface area contributed by atoms with E-state index < -0.39 is 0 Å². The van der Waals surface area contributed by atoms with Gasteiger partial charge in [-0.15, -0.1) is 26.3 Å². The van der Waals surface area contributed by atoms with Gasteiger partial charge in [-0.05, 0) is 19.9 Å². The van der Waals surface area contributed by atoms with Crippen LogP contribution in [0.1, 0.15) is 112 Å². The van der Waals surface area contributed by atoms with Crippen molar-refractivity contribution in [1.82, 2.24) is 0 Å². The van der Waals surface area contributed by atoms with Crippen molar-refractivity contribution in [3.8, 4) is 0 Å². The summed E-state index contributed by atoms with van der Waals surface area (Å²) in [6.45, 7) is 47.4. The minimum atomic E-state index is 0. The standard InChI is InChI=1S/C9H16O2.C8H16O3.C8H14O2.6C2H6.2CH4/c1-4-6-10-8-9(3)11-7-5-2;1-8(10-3)7-11-6-4-5-9-2;1-3-5-9-7-8-10-6-4-2;6*1-2;;/h4-5,9H,1-2,6-8H2,3H3;4-5,8H,6-7H2,1-3H3;3-4H,1-2,5-8H2;6*1-2H3;2*1H4/b;5-4+;;;;;;;;;. The fraction of sp³-hybridized carbons (Fsp3) is 0.744. The number of ether oxygens (including phenoxy) is 7. The van der Waals surface area contributed by atoms with E-state index in [0.29, 0.717) is 59.5 Å². The highest BCUT2D eigenvalue weighted by atomic mass is 16.5. The summed E-state index contributed by atoms with van der Waals surface area (Å²) in [5.74, 6) is 0. The second-order valence-corrected chi connectivity index (χ2v) is 6.18. The zero-order chi connectivity index (χ0) is 36.7. The second-order valence-electron chi connectivity index (χ2n) is 6.18. The van der Waals surface area contributed by atoms with Crippen molar-refractivity contribution >= 4 is 0 Å². The van der Waals surface area contributed by atoms with Crippen LogP contribution in [-0.2, 0) is 33.2 Å². The summed E-state index contributed by atoms with van der Waals surface area (Å²) in [6.07, 6.45) is 10.6. The Labute approximate surface area is 293 Å². The van der Waals surface area contributed by atoms with Crippen LogP contribution in [0.4, 0.5) is 0 Å². The van der Waals surface area contributed by atoms with E-state index in [-0.39, 0.29) is 27.1 Å². The molecule has 0 radical (unpaired) electrons. The zero-order valence-electron chi connectivity index (χ0n) is 32.7. The van der Waals surface area contributed by atoms with Gasteiger partial charge in [0.05, 0.1) is 85.0 Å². The Balaban J connectivity index is -0.0000000372. The summed E-state index contributed by atoms with van der Waals surface area (Å²) >= 11 is 0. The van der Waals surface area contributed by atoms with Crippen LogP contribution in [0.15, 0.2) is 63.0 Å². The van der Waals surface area contributed by atoms with Crippen LogP contribution < -0.4 is 0 Å². The lowest BCUT2D eigenvalue weighted by Crippen LogP contribution is -2.15. The maximum atomic E-state index is 5.26. The van der Waals surface area contributed by atoms with Crippen molar-refractivity contribution < 1.29 is 33.2 Å². The lowest BCUT2D eigenvalue weighted by Gasteiger charge is -2.10. The number of hydrogen-bond acceptors (Lipinski definition) is 7. The Hall–Kier alpha value is -1.74. The van der Waals surface area contributed by atoms with Crippen LogP contribution in [0.25, 0.3) is 0 Å². The quantitative estimate of drug-likeness (QED) is 0.0725. The molecule has 0 spiro atoms.